The molecule has 3 rings (SSSR count). The number of morpholine rings is 1. The Morgan fingerprint density at radius 3 is 2.93 bits per heavy atom. The van der Waals surface area contributed by atoms with Gasteiger partial charge in [0.25, 0.3) is 0 Å². The van der Waals surface area contributed by atoms with Gasteiger partial charge in [-0.15, -0.1) is 0 Å². The van der Waals surface area contributed by atoms with Gasteiger partial charge in [0, 0.05) is 50.5 Å². The van der Waals surface area contributed by atoms with Crippen LogP contribution in [0.5, 0.6) is 0 Å². The van der Waals surface area contributed by atoms with E-state index in [9.17, 15) is 0 Å². The van der Waals surface area contributed by atoms with E-state index in [1.165, 1.54) is 6.42 Å². The number of aliphatic imine (C=N–C) groups is 1. The van der Waals surface area contributed by atoms with E-state index in [1.807, 2.05) is 31.2 Å². The lowest BCUT2D eigenvalue weighted by atomic mass is 9.64. The third kappa shape index (κ3) is 4.46. The molecule has 7 heteroatoms. The fraction of sp³-hybridized carbons (Fsp3) is 0.800. The second kappa shape index (κ2) is 8.61. The van der Waals surface area contributed by atoms with E-state index in [1.54, 1.807) is 0 Å². The maximum atomic E-state index is 6.08. The molecule has 7 nitrogen and oxygen atoms in total. The molecule has 2 fully saturated rings. The van der Waals surface area contributed by atoms with Crippen molar-refractivity contribution >= 4 is 5.96 Å². The average Bonchev–Trinajstić information content (AvgIpc) is 3.10. The summed E-state index contributed by atoms with van der Waals surface area (Å²) >= 11 is 0. The molecule has 1 aliphatic heterocycles. The average molecular weight is 378 g/mol. The number of hydrogen-bond acceptors (Lipinski definition) is 4. The first-order chi connectivity index (χ1) is 13.0. The molecule has 27 heavy (non-hydrogen) atoms. The highest BCUT2D eigenvalue weighted by Gasteiger charge is 2.49. The Bertz CT molecular complexity index is 642. The fourth-order valence-corrected chi connectivity index (χ4v) is 3.89. The van der Waals surface area contributed by atoms with Crippen LogP contribution in [0.25, 0.3) is 0 Å². The van der Waals surface area contributed by atoms with Gasteiger partial charge in [0.2, 0.25) is 0 Å². The first kappa shape index (κ1) is 20.1. The largest absolute Gasteiger partial charge is 0.378 e. The number of guanidine groups is 1. The molecule has 0 aromatic carbocycles. The Labute approximate surface area is 163 Å². The number of hydrogen-bond donors (Lipinski definition) is 1. The van der Waals surface area contributed by atoms with Gasteiger partial charge in [0.15, 0.2) is 5.96 Å². The Kier molecular flexibility index (Phi) is 6.42. The number of rotatable bonds is 6. The van der Waals surface area contributed by atoms with E-state index in [2.05, 4.69) is 41.1 Å². The van der Waals surface area contributed by atoms with Gasteiger partial charge in [0.1, 0.15) is 6.10 Å². The molecule has 0 amide bonds. The molecule has 1 aromatic rings. The maximum Gasteiger partial charge on any atom is 0.194 e. The molecule has 1 saturated carbocycles. The summed E-state index contributed by atoms with van der Waals surface area (Å²) in [6, 6.07) is 0.377. The van der Waals surface area contributed by atoms with Crippen molar-refractivity contribution in [2.24, 2.45) is 17.5 Å². The highest BCUT2D eigenvalue weighted by Crippen LogP contribution is 2.43. The number of ether oxygens (including phenoxy) is 2. The first-order valence-corrected chi connectivity index (χ1v) is 10.2. The van der Waals surface area contributed by atoms with Crippen LogP contribution in [-0.2, 0) is 16.5 Å². The predicted octanol–water partition coefficient (Wildman–Crippen LogP) is 2.35. The zero-order valence-corrected chi connectivity index (χ0v) is 17.4. The molecule has 2 heterocycles. The van der Waals surface area contributed by atoms with Gasteiger partial charge >= 0.3 is 0 Å². The van der Waals surface area contributed by atoms with Crippen molar-refractivity contribution in [2.45, 2.75) is 58.3 Å². The van der Waals surface area contributed by atoms with E-state index in [0.29, 0.717) is 18.8 Å². The SMILES string of the molecule is CCCCOC1CC(NC(=NC)N2CCOC(c3cnn(C)c3)C2)C1(C)C. The van der Waals surface area contributed by atoms with Crippen LogP contribution >= 0.6 is 0 Å². The van der Waals surface area contributed by atoms with Gasteiger partial charge in [0.05, 0.1) is 25.5 Å². The molecule has 2 aliphatic rings. The number of nitrogens with zero attached hydrogens (tertiary/aromatic N) is 4. The highest BCUT2D eigenvalue weighted by molar-refractivity contribution is 5.80. The van der Waals surface area contributed by atoms with Gasteiger partial charge in [-0.25, -0.2) is 0 Å². The third-order valence-electron chi connectivity index (χ3n) is 5.97. The van der Waals surface area contributed by atoms with Crippen molar-refractivity contribution in [1.82, 2.24) is 20.0 Å². The van der Waals surface area contributed by atoms with Crippen molar-refractivity contribution in [2.75, 3.05) is 33.4 Å². The smallest absolute Gasteiger partial charge is 0.194 e. The Hall–Kier alpha value is -1.60. The molecule has 3 atom stereocenters. The van der Waals surface area contributed by atoms with Crippen LogP contribution in [0.15, 0.2) is 17.4 Å². The van der Waals surface area contributed by atoms with Crippen LogP contribution in [0.4, 0.5) is 0 Å². The predicted molar refractivity (Wildman–Crippen MR) is 107 cm³/mol. The molecule has 0 bridgehead atoms. The van der Waals surface area contributed by atoms with Crippen LogP contribution in [0, 0.1) is 5.41 Å². The van der Waals surface area contributed by atoms with Crippen molar-refractivity contribution in [3.63, 3.8) is 0 Å². The van der Waals surface area contributed by atoms with Crippen LogP contribution in [-0.4, -0.2) is 66.1 Å². The van der Waals surface area contributed by atoms with Gasteiger partial charge in [-0.2, -0.15) is 5.10 Å². The van der Waals surface area contributed by atoms with Crippen LogP contribution < -0.4 is 5.32 Å². The van der Waals surface area contributed by atoms with E-state index in [4.69, 9.17) is 9.47 Å². The summed E-state index contributed by atoms with van der Waals surface area (Å²) in [5, 5.41) is 7.95. The van der Waals surface area contributed by atoms with E-state index < -0.39 is 0 Å². The lowest BCUT2D eigenvalue weighted by Crippen LogP contribution is -2.64. The number of unbranched alkanes of at least 4 members (excludes halogenated alkanes) is 1. The summed E-state index contributed by atoms with van der Waals surface area (Å²) in [7, 11) is 3.79. The van der Waals surface area contributed by atoms with Crippen molar-refractivity contribution in [3.8, 4) is 0 Å². The molecule has 152 valence electrons. The molecular weight excluding hydrogens is 342 g/mol. The van der Waals surface area contributed by atoms with Gasteiger partial charge < -0.3 is 19.7 Å². The minimum atomic E-state index is 0.0329. The summed E-state index contributed by atoms with van der Waals surface area (Å²) in [6.07, 6.45) is 7.62. The van der Waals surface area contributed by atoms with Crippen molar-refractivity contribution in [1.29, 1.82) is 0 Å². The van der Waals surface area contributed by atoms with E-state index in [-0.39, 0.29) is 11.5 Å². The molecular formula is C20H35N5O2. The first-order valence-electron chi connectivity index (χ1n) is 10.2. The van der Waals surface area contributed by atoms with E-state index in [0.717, 1.165) is 44.1 Å². The van der Waals surface area contributed by atoms with Gasteiger partial charge in [-0.05, 0) is 12.8 Å². The Balaban J connectivity index is 1.56. The fourth-order valence-electron chi connectivity index (χ4n) is 3.89. The van der Waals surface area contributed by atoms with Gasteiger partial charge in [-0.3, -0.25) is 9.67 Å². The highest BCUT2D eigenvalue weighted by atomic mass is 16.5. The molecule has 0 spiro atoms. The molecule has 3 unspecified atom stereocenters. The second-order valence-electron chi connectivity index (χ2n) is 8.27. The summed E-state index contributed by atoms with van der Waals surface area (Å²) in [6.45, 7) is 9.96. The summed E-state index contributed by atoms with van der Waals surface area (Å²) < 4.78 is 13.9. The molecule has 1 aromatic heterocycles. The molecule has 1 aliphatic carbocycles. The molecule has 0 radical (unpaired) electrons. The van der Waals surface area contributed by atoms with Crippen molar-refractivity contribution in [3.05, 3.63) is 18.0 Å². The minimum absolute atomic E-state index is 0.0329. The number of aromatic nitrogens is 2. The van der Waals surface area contributed by atoms with Crippen LogP contribution in [0.2, 0.25) is 0 Å². The zero-order chi connectivity index (χ0) is 19.4. The minimum Gasteiger partial charge on any atom is -0.378 e. The molecule has 1 saturated heterocycles. The van der Waals surface area contributed by atoms with Crippen LogP contribution in [0.1, 0.15) is 51.7 Å². The third-order valence-corrected chi connectivity index (χ3v) is 5.97. The maximum absolute atomic E-state index is 6.08. The van der Waals surface area contributed by atoms with Crippen LogP contribution in [0.3, 0.4) is 0 Å². The summed E-state index contributed by atoms with van der Waals surface area (Å²) in [5.41, 5.74) is 1.23. The Morgan fingerprint density at radius 1 is 1.48 bits per heavy atom. The zero-order valence-electron chi connectivity index (χ0n) is 17.4. The lowest BCUT2D eigenvalue weighted by molar-refractivity contribution is -0.114. The monoisotopic (exact) mass is 377 g/mol. The standard InChI is InChI=1S/C20H35N5O2/c1-6-7-9-27-18-11-17(20(18,2)3)23-19(21-4)25-8-10-26-16(14-25)15-12-22-24(5)13-15/h12-13,16-18H,6-11,14H2,1-5H3,(H,21,23). The second-order valence-corrected chi connectivity index (χ2v) is 8.27. The topological polar surface area (TPSA) is 63.9 Å². The van der Waals surface area contributed by atoms with Gasteiger partial charge in [-0.1, -0.05) is 27.2 Å². The van der Waals surface area contributed by atoms with E-state index >= 15 is 0 Å². The summed E-state index contributed by atoms with van der Waals surface area (Å²) in [4.78, 5) is 6.84. The quantitative estimate of drug-likeness (QED) is 0.468. The Morgan fingerprint density at radius 2 is 2.30 bits per heavy atom. The van der Waals surface area contributed by atoms with Crippen molar-refractivity contribution < 1.29 is 9.47 Å². The number of aryl methyl sites for hydroxylation is 1. The molecule has 1 N–H and O–H groups in total. The summed E-state index contributed by atoms with van der Waals surface area (Å²) in [5.74, 6) is 0.956. The lowest BCUT2D eigenvalue weighted by Gasteiger charge is -2.52. The normalized spacial score (nSPS) is 28.1. The number of nitrogens with one attached hydrogen (secondary N) is 1.